The molecule has 0 radical (unpaired) electrons. The van der Waals surface area contributed by atoms with Gasteiger partial charge in [0.15, 0.2) is 0 Å². The van der Waals surface area contributed by atoms with E-state index in [4.69, 9.17) is 4.42 Å². The molecule has 0 saturated heterocycles. The highest BCUT2D eigenvalue weighted by atomic mass is 16.3. The van der Waals surface area contributed by atoms with Crippen molar-refractivity contribution < 1.29 is 4.42 Å². The summed E-state index contributed by atoms with van der Waals surface area (Å²) >= 11 is 0. The van der Waals surface area contributed by atoms with Crippen LogP contribution in [0.4, 0.5) is 0 Å². The molecule has 1 heteroatoms. The summed E-state index contributed by atoms with van der Waals surface area (Å²) in [4.78, 5) is 0. The molecule has 0 aliphatic rings. The molecule has 1 aromatic heterocycles. The van der Waals surface area contributed by atoms with Gasteiger partial charge in [0.1, 0.15) is 11.3 Å². The fraction of sp³-hybridized carbons (Fsp3) is 0.143. The highest BCUT2D eigenvalue weighted by molar-refractivity contribution is 5.90. The van der Waals surface area contributed by atoms with Gasteiger partial charge in [-0.2, -0.15) is 0 Å². The normalized spacial score (nSPS) is 10.5. The van der Waals surface area contributed by atoms with Crippen molar-refractivity contribution in [1.29, 1.82) is 0 Å². The van der Waals surface area contributed by atoms with Crippen molar-refractivity contribution in [1.82, 2.24) is 0 Å². The standard InChI is InChI=1S/C14H14O/c1-4-10-7-8-12-11(5-2)13(6-3)15-14(12)9-10/h5-9H,2-4H2,1H3. The van der Waals surface area contributed by atoms with Gasteiger partial charge in [-0.05, 0) is 24.1 Å². The molecule has 0 N–H and O–H groups in total. The van der Waals surface area contributed by atoms with E-state index in [0.717, 1.165) is 28.7 Å². The maximum atomic E-state index is 5.69. The van der Waals surface area contributed by atoms with Crippen LogP contribution in [0.1, 0.15) is 23.8 Å². The number of benzene rings is 1. The summed E-state index contributed by atoms with van der Waals surface area (Å²) < 4.78 is 5.69. The van der Waals surface area contributed by atoms with E-state index in [-0.39, 0.29) is 0 Å². The lowest BCUT2D eigenvalue weighted by Gasteiger charge is -1.95. The molecule has 0 atom stereocenters. The average Bonchev–Trinajstić information content (AvgIpc) is 2.65. The number of hydrogen-bond donors (Lipinski definition) is 0. The number of aryl methyl sites for hydroxylation is 1. The molecule has 0 fully saturated rings. The van der Waals surface area contributed by atoms with E-state index in [0.29, 0.717) is 0 Å². The van der Waals surface area contributed by atoms with Crippen LogP contribution in [0.2, 0.25) is 0 Å². The van der Waals surface area contributed by atoms with Gasteiger partial charge in [-0.25, -0.2) is 0 Å². The molecule has 0 unspecified atom stereocenters. The molecule has 15 heavy (non-hydrogen) atoms. The molecule has 0 aliphatic carbocycles. The minimum atomic E-state index is 0.799. The molecule has 1 aromatic carbocycles. The summed E-state index contributed by atoms with van der Waals surface area (Å²) in [5, 5.41) is 1.11. The predicted octanol–water partition coefficient (Wildman–Crippen LogP) is 4.28. The number of furan rings is 1. The summed E-state index contributed by atoms with van der Waals surface area (Å²) in [7, 11) is 0. The monoisotopic (exact) mass is 198 g/mol. The van der Waals surface area contributed by atoms with E-state index in [1.54, 1.807) is 6.08 Å². The SMILES string of the molecule is C=Cc1oc2cc(CC)ccc2c1C=C. The van der Waals surface area contributed by atoms with Crippen LogP contribution in [0.3, 0.4) is 0 Å². The fourth-order valence-electron chi connectivity index (χ4n) is 1.76. The molecule has 0 bridgehead atoms. The molecule has 0 saturated carbocycles. The van der Waals surface area contributed by atoms with Gasteiger partial charge in [-0.15, -0.1) is 0 Å². The second-order valence-corrected chi connectivity index (χ2v) is 3.47. The Kier molecular flexibility index (Phi) is 2.46. The zero-order valence-electron chi connectivity index (χ0n) is 8.92. The zero-order valence-corrected chi connectivity index (χ0v) is 8.92. The molecular formula is C14H14O. The van der Waals surface area contributed by atoms with E-state index < -0.39 is 0 Å². The van der Waals surface area contributed by atoms with Gasteiger partial charge in [-0.1, -0.05) is 38.3 Å². The number of hydrogen-bond acceptors (Lipinski definition) is 1. The largest absolute Gasteiger partial charge is 0.456 e. The first-order valence-corrected chi connectivity index (χ1v) is 5.10. The van der Waals surface area contributed by atoms with Gasteiger partial charge >= 0.3 is 0 Å². The van der Waals surface area contributed by atoms with Crippen LogP contribution in [0.15, 0.2) is 35.8 Å². The Labute approximate surface area is 89.7 Å². The Bertz CT molecular complexity index is 517. The first-order valence-electron chi connectivity index (χ1n) is 5.10. The zero-order chi connectivity index (χ0) is 10.8. The third-order valence-electron chi connectivity index (χ3n) is 2.62. The lowest BCUT2D eigenvalue weighted by atomic mass is 10.1. The van der Waals surface area contributed by atoms with Crippen molar-refractivity contribution in [2.75, 3.05) is 0 Å². The van der Waals surface area contributed by atoms with Crippen molar-refractivity contribution in [3.8, 4) is 0 Å². The Morgan fingerprint density at radius 3 is 2.67 bits per heavy atom. The van der Waals surface area contributed by atoms with Crippen molar-refractivity contribution in [3.05, 3.63) is 48.2 Å². The summed E-state index contributed by atoms with van der Waals surface area (Å²) in [5.41, 5.74) is 3.23. The Morgan fingerprint density at radius 2 is 2.07 bits per heavy atom. The minimum Gasteiger partial charge on any atom is -0.456 e. The van der Waals surface area contributed by atoms with E-state index in [1.165, 1.54) is 5.56 Å². The third kappa shape index (κ3) is 1.50. The molecule has 0 amide bonds. The van der Waals surface area contributed by atoms with Gasteiger partial charge in [0.2, 0.25) is 0 Å². The summed E-state index contributed by atoms with van der Waals surface area (Å²) in [6.45, 7) is 9.66. The van der Waals surface area contributed by atoms with Gasteiger partial charge in [0, 0.05) is 10.9 Å². The topological polar surface area (TPSA) is 13.1 Å². The highest BCUT2D eigenvalue weighted by Crippen LogP contribution is 2.28. The minimum absolute atomic E-state index is 0.799. The van der Waals surface area contributed by atoms with Crippen LogP contribution >= 0.6 is 0 Å². The lowest BCUT2D eigenvalue weighted by molar-refractivity contribution is 0.603. The number of rotatable bonds is 3. The Morgan fingerprint density at radius 1 is 1.27 bits per heavy atom. The van der Waals surface area contributed by atoms with E-state index in [1.807, 2.05) is 6.08 Å². The van der Waals surface area contributed by atoms with Crippen LogP contribution in [0.5, 0.6) is 0 Å². The molecule has 2 aromatic rings. The summed E-state index contributed by atoms with van der Waals surface area (Å²) in [6.07, 6.45) is 4.56. The Balaban J connectivity index is 2.76. The Hall–Kier alpha value is -1.76. The van der Waals surface area contributed by atoms with Crippen LogP contribution in [-0.2, 0) is 6.42 Å². The van der Waals surface area contributed by atoms with Gasteiger partial charge in [0.25, 0.3) is 0 Å². The predicted molar refractivity (Wildman–Crippen MR) is 65.8 cm³/mol. The molecule has 76 valence electrons. The first-order chi connectivity index (χ1) is 7.30. The highest BCUT2D eigenvalue weighted by Gasteiger charge is 2.08. The molecule has 0 aliphatic heterocycles. The van der Waals surface area contributed by atoms with E-state index in [2.05, 4.69) is 38.3 Å². The fourth-order valence-corrected chi connectivity index (χ4v) is 1.76. The van der Waals surface area contributed by atoms with Crippen molar-refractivity contribution in [3.63, 3.8) is 0 Å². The smallest absolute Gasteiger partial charge is 0.135 e. The van der Waals surface area contributed by atoms with Gasteiger partial charge < -0.3 is 4.42 Å². The van der Waals surface area contributed by atoms with E-state index >= 15 is 0 Å². The first kappa shape index (κ1) is 9.78. The van der Waals surface area contributed by atoms with E-state index in [9.17, 15) is 0 Å². The average molecular weight is 198 g/mol. The van der Waals surface area contributed by atoms with Gasteiger partial charge in [-0.3, -0.25) is 0 Å². The second kappa shape index (κ2) is 3.77. The lowest BCUT2D eigenvalue weighted by Crippen LogP contribution is -1.78. The van der Waals surface area contributed by atoms with Crippen LogP contribution in [0.25, 0.3) is 23.1 Å². The molecule has 2 rings (SSSR count). The van der Waals surface area contributed by atoms with Crippen molar-refractivity contribution in [2.45, 2.75) is 13.3 Å². The van der Waals surface area contributed by atoms with Crippen LogP contribution in [0, 0.1) is 0 Å². The quantitative estimate of drug-likeness (QED) is 0.717. The van der Waals surface area contributed by atoms with Crippen molar-refractivity contribution in [2.24, 2.45) is 0 Å². The molecule has 1 nitrogen and oxygen atoms in total. The molecule has 1 heterocycles. The summed E-state index contributed by atoms with van der Waals surface area (Å²) in [6, 6.07) is 6.29. The van der Waals surface area contributed by atoms with Gasteiger partial charge in [0.05, 0.1) is 0 Å². The maximum absolute atomic E-state index is 5.69. The molecular weight excluding hydrogens is 184 g/mol. The maximum Gasteiger partial charge on any atom is 0.135 e. The van der Waals surface area contributed by atoms with Crippen LogP contribution < -0.4 is 0 Å². The van der Waals surface area contributed by atoms with Crippen LogP contribution in [-0.4, -0.2) is 0 Å². The van der Waals surface area contributed by atoms with Crippen molar-refractivity contribution >= 4 is 23.1 Å². The molecule has 0 spiro atoms. The summed E-state index contributed by atoms with van der Waals surface area (Å²) in [5.74, 6) is 0.799. The second-order valence-electron chi connectivity index (χ2n) is 3.47. The third-order valence-corrected chi connectivity index (χ3v) is 2.62. The number of fused-ring (bicyclic) bond motifs is 1.